The molecule has 3 aromatic rings. The van der Waals surface area contributed by atoms with Gasteiger partial charge in [-0.05, 0) is 74.7 Å². The molecule has 0 fully saturated rings. The standard InChI is InChI=1S/C30H37N5O6S/c1-5-31-29(38)35(30(39)32-6-2)24-16-13-21(14-17-24)19-26(28(37)34(7-3)8-4)27(36)33-42(40,41)25-18-15-22-11-9-10-12-23(22)20-25/h9-18,20,26H,5-8,19H2,1-4H3,(H,31,38)(H,32,39)(H,33,36). The van der Waals surface area contributed by atoms with E-state index in [0.717, 1.165) is 10.3 Å². The van der Waals surface area contributed by atoms with Crippen molar-refractivity contribution < 1.29 is 27.6 Å². The molecule has 42 heavy (non-hydrogen) atoms. The van der Waals surface area contributed by atoms with Crippen molar-refractivity contribution in [2.45, 2.75) is 39.0 Å². The quantitative estimate of drug-likeness (QED) is 0.289. The molecule has 0 spiro atoms. The largest absolute Gasteiger partial charge is 0.343 e. The second kappa shape index (κ2) is 14.4. The van der Waals surface area contributed by atoms with Gasteiger partial charge in [-0.3, -0.25) is 9.59 Å². The molecule has 224 valence electrons. The molecule has 0 saturated carbocycles. The summed E-state index contributed by atoms with van der Waals surface area (Å²) in [4.78, 5) is 54.3. The molecule has 1 atom stereocenters. The summed E-state index contributed by atoms with van der Waals surface area (Å²) in [6, 6.07) is 16.8. The van der Waals surface area contributed by atoms with E-state index in [-0.39, 0.29) is 17.0 Å². The highest BCUT2D eigenvalue weighted by molar-refractivity contribution is 7.90. The van der Waals surface area contributed by atoms with Crippen LogP contribution in [0.15, 0.2) is 71.6 Å². The highest BCUT2D eigenvalue weighted by Gasteiger charge is 2.33. The molecule has 12 heteroatoms. The Kier molecular flexibility index (Phi) is 11.0. The van der Waals surface area contributed by atoms with Gasteiger partial charge in [0.2, 0.25) is 11.8 Å². The molecule has 0 aliphatic rings. The van der Waals surface area contributed by atoms with Crippen LogP contribution in [0.3, 0.4) is 0 Å². The average Bonchev–Trinajstić information content (AvgIpc) is 2.97. The lowest BCUT2D eigenvalue weighted by Crippen LogP contribution is -2.48. The summed E-state index contributed by atoms with van der Waals surface area (Å²) in [5, 5.41) is 6.73. The van der Waals surface area contributed by atoms with Crippen LogP contribution in [0, 0.1) is 5.92 Å². The van der Waals surface area contributed by atoms with Gasteiger partial charge in [0.25, 0.3) is 10.0 Å². The Morgan fingerprint density at radius 1 is 0.762 bits per heavy atom. The van der Waals surface area contributed by atoms with Crippen LogP contribution in [0.5, 0.6) is 0 Å². The van der Waals surface area contributed by atoms with E-state index in [1.54, 1.807) is 58.0 Å². The maximum absolute atomic E-state index is 13.4. The number of nitrogens with one attached hydrogen (secondary N) is 3. The zero-order valence-corrected chi connectivity index (χ0v) is 25.0. The van der Waals surface area contributed by atoms with Crippen molar-refractivity contribution in [2.24, 2.45) is 5.92 Å². The number of hydrogen-bond donors (Lipinski definition) is 3. The molecule has 0 aliphatic carbocycles. The fourth-order valence-electron chi connectivity index (χ4n) is 4.45. The summed E-state index contributed by atoms with van der Waals surface area (Å²) in [7, 11) is -4.27. The van der Waals surface area contributed by atoms with Crippen molar-refractivity contribution in [1.82, 2.24) is 20.3 Å². The highest BCUT2D eigenvalue weighted by atomic mass is 32.2. The van der Waals surface area contributed by atoms with E-state index in [9.17, 15) is 27.6 Å². The lowest BCUT2D eigenvalue weighted by molar-refractivity contribution is -0.141. The summed E-state index contributed by atoms with van der Waals surface area (Å²) < 4.78 is 28.5. The summed E-state index contributed by atoms with van der Waals surface area (Å²) >= 11 is 0. The first-order valence-corrected chi connectivity index (χ1v) is 15.3. The third-order valence-electron chi connectivity index (χ3n) is 6.65. The third-order valence-corrected chi connectivity index (χ3v) is 8.00. The first-order valence-electron chi connectivity index (χ1n) is 13.8. The van der Waals surface area contributed by atoms with Crippen LogP contribution in [0.25, 0.3) is 10.8 Å². The van der Waals surface area contributed by atoms with E-state index >= 15 is 0 Å². The number of imide groups is 1. The molecule has 3 rings (SSSR count). The van der Waals surface area contributed by atoms with Gasteiger partial charge in [-0.25, -0.2) is 27.6 Å². The number of rotatable bonds is 11. The van der Waals surface area contributed by atoms with Crippen LogP contribution in [0.1, 0.15) is 33.3 Å². The number of hydrogen-bond acceptors (Lipinski definition) is 6. The Morgan fingerprint density at radius 3 is 1.88 bits per heavy atom. The monoisotopic (exact) mass is 595 g/mol. The molecule has 6 amide bonds. The Labute approximate surface area is 246 Å². The fraction of sp³-hybridized carbons (Fsp3) is 0.333. The van der Waals surface area contributed by atoms with Crippen LogP contribution in [-0.4, -0.2) is 63.4 Å². The van der Waals surface area contributed by atoms with Gasteiger partial charge in [-0.15, -0.1) is 0 Å². The zero-order chi connectivity index (χ0) is 30.9. The minimum atomic E-state index is -4.27. The summed E-state index contributed by atoms with van der Waals surface area (Å²) in [5.41, 5.74) is 0.819. The maximum Gasteiger partial charge on any atom is 0.330 e. The van der Waals surface area contributed by atoms with E-state index in [2.05, 4.69) is 15.4 Å². The molecule has 3 aromatic carbocycles. The molecule has 0 aliphatic heterocycles. The van der Waals surface area contributed by atoms with Gasteiger partial charge in [0, 0.05) is 26.2 Å². The molecule has 0 saturated heterocycles. The summed E-state index contributed by atoms with van der Waals surface area (Å²) in [6.07, 6.45) is -0.100. The fourth-order valence-corrected chi connectivity index (χ4v) is 5.50. The minimum absolute atomic E-state index is 0.0938. The van der Waals surface area contributed by atoms with Crippen molar-refractivity contribution in [3.8, 4) is 0 Å². The molecule has 0 heterocycles. The van der Waals surface area contributed by atoms with Gasteiger partial charge in [0.15, 0.2) is 0 Å². The third kappa shape index (κ3) is 7.64. The molecule has 1 unspecified atom stereocenters. The molecular formula is C30H37N5O6S. The zero-order valence-electron chi connectivity index (χ0n) is 24.2. The van der Waals surface area contributed by atoms with E-state index in [1.807, 2.05) is 12.1 Å². The maximum atomic E-state index is 13.4. The lowest BCUT2D eigenvalue weighted by atomic mass is 9.97. The van der Waals surface area contributed by atoms with Crippen molar-refractivity contribution in [3.05, 3.63) is 72.3 Å². The van der Waals surface area contributed by atoms with E-state index in [4.69, 9.17) is 0 Å². The second-order valence-electron chi connectivity index (χ2n) is 9.42. The minimum Gasteiger partial charge on any atom is -0.343 e. The smallest absolute Gasteiger partial charge is 0.330 e. The number of benzene rings is 3. The predicted molar refractivity (Wildman–Crippen MR) is 161 cm³/mol. The van der Waals surface area contributed by atoms with Crippen LogP contribution in [0.4, 0.5) is 15.3 Å². The number of amides is 6. The van der Waals surface area contributed by atoms with E-state index < -0.39 is 39.8 Å². The van der Waals surface area contributed by atoms with Gasteiger partial charge >= 0.3 is 12.1 Å². The average molecular weight is 596 g/mol. The van der Waals surface area contributed by atoms with Crippen LogP contribution in [-0.2, 0) is 26.0 Å². The molecule has 3 N–H and O–H groups in total. The number of sulfonamides is 1. The Morgan fingerprint density at radius 2 is 1.33 bits per heavy atom. The highest BCUT2D eigenvalue weighted by Crippen LogP contribution is 2.22. The van der Waals surface area contributed by atoms with Crippen molar-refractivity contribution in [2.75, 3.05) is 31.1 Å². The molecule has 0 radical (unpaired) electrons. The lowest BCUT2D eigenvalue weighted by Gasteiger charge is -2.25. The Balaban J connectivity index is 1.89. The van der Waals surface area contributed by atoms with Crippen LogP contribution < -0.4 is 20.3 Å². The van der Waals surface area contributed by atoms with Gasteiger partial charge in [0.05, 0.1) is 10.6 Å². The molecule has 0 aromatic heterocycles. The van der Waals surface area contributed by atoms with Gasteiger partial charge < -0.3 is 15.5 Å². The van der Waals surface area contributed by atoms with E-state index in [0.29, 0.717) is 37.1 Å². The van der Waals surface area contributed by atoms with Crippen LogP contribution >= 0.6 is 0 Å². The first kappa shape index (κ1) is 32.1. The Hall–Kier alpha value is -4.45. The van der Waals surface area contributed by atoms with Gasteiger partial charge in [0.1, 0.15) is 5.92 Å². The number of urea groups is 2. The normalized spacial score (nSPS) is 11.8. The number of carbonyl (C=O) groups is 4. The Bertz CT molecular complexity index is 1520. The molecular weight excluding hydrogens is 558 g/mol. The second-order valence-corrected chi connectivity index (χ2v) is 11.1. The van der Waals surface area contributed by atoms with Gasteiger partial charge in [-0.2, -0.15) is 0 Å². The number of nitrogens with zero attached hydrogens (tertiary/aromatic N) is 2. The summed E-state index contributed by atoms with van der Waals surface area (Å²) in [6.45, 7) is 8.32. The first-order chi connectivity index (χ1) is 20.1. The van der Waals surface area contributed by atoms with Crippen molar-refractivity contribution >= 4 is 50.4 Å². The molecule has 0 bridgehead atoms. The number of anilines is 1. The van der Waals surface area contributed by atoms with Crippen molar-refractivity contribution in [3.63, 3.8) is 0 Å². The number of carbonyl (C=O) groups excluding carboxylic acids is 4. The number of fused-ring (bicyclic) bond motifs is 1. The van der Waals surface area contributed by atoms with Crippen LogP contribution in [0.2, 0.25) is 0 Å². The van der Waals surface area contributed by atoms with Gasteiger partial charge in [-0.1, -0.05) is 42.5 Å². The summed E-state index contributed by atoms with van der Waals surface area (Å²) in [5.74, 6) is -2.80. The topological polar surface area (TPSA) is 145 Å². The predicted octanol–water partition coefficient (Wildman–Crippen LogP) is 3.64. The SMILES string of the molecule is CCNC(=O)N(C(=O)NCC)c1ccc(CC(C(=O)NS(=O)(=O)c2ccc3ccccc3c2)C(=O)N(CC)CC)cc1. The van der Waals surface area contributed by atoms with E-state index in [1.165, 1.54) is 29.2 Å². The van der Waals surface area contributed by atoms with Crippen molar-refractivity contribution in [1.29, 1.82) is 0 Å². The molecule has 11 nitrogen and oxygen atoms in total.